The minimum absolute atomic E-state index is 0.187. The number of amides is 1. The summed E-state index contributed by atoms with van der Waals surface area (Å²) < 4.78 is 10.7. The zero-order valence-electron chi connectivity index (χ0n) is 14.5. The number of carbonyl (C=O) groups is 1. The van der Waals surface area contributed by atoms with Crippen LogP contribution >= 0.6 is 11.6 Å². The number of fused-ring (bicyclic) bond motifs is 1. The van der Waals surface area contributed by atoms with Crippen molar-refractivity contribution in [1.82, 2.24) is 5.32 Å². The quantitative estimate of drug-likeness (QED) is 0.693. The lowest BCUT2D eigenvalue weighted by Gasteiger charge is -2.11. The molecule has 0 aliphatic rings. The van der Waals surface area contributed by atoms with Crippen LogP contribution in [0.2, 0.25) is 5.02 Å². The molecular formula is C20H18ClNO4. The molecule has 3 aromatic rings. The molecule has 5 nitrogen and oxygen atoms in total. The Morgan fingerprint density at radius 3 is 2.69 bits per heavy atom. The van der Waals surface area contributed by atoms with Crippen molar-refractivity contribution in [2.24, 2.45) is 0 Å². The van der Waals surface area contributed by atoms with Crippen LogP contribution in [0.5, 0.6) is 5.75 Å². The van der Waals surface area contributed by atoms with Crippen LogP contribution in [-0.4, -0.2) is 12.5 Å². The van der Waals surface area contributed by atoms with Gasteiger partial charge < -0.3 is 14.5 Å². The molecule has 3 rings (SSSR count). The number of rotatable bonds is 5. The molecule has 1 amide bonds. The zero-order chi connectivity index (χ0) is 18.7. The third-order valence-electron chi connectivity index (χ3n) is 4.10. The Bertz CT molecular complexity index is 1030. The van der Waals surface area contributed by atoms with Crippen LogP contribution in [0, 0.1) is 13.8 Å². The molecule has 1 heterocycles. The van der Waals surface area contributed by atoms with E-state index in [1.54, 1.807) is 13.0 Å². The molecule has 134 valence electrons. The fourth-order valence-electron chi connectivity index (χ4n) is 2.63. The summed E-state index contributed by atoms with van der Waals surface area (Å²) in [7, 11) is 0. The molecule has 6 heteroatoms. The number of halogens is 1. The molecule has 1 aromatic heterocycles. The largest absolute Gasteiger partial charge is 0.482 e. The highest BCUT2D eigenvalue weighted by atomic mass is 35.5. The van der Waals surface area contributed by atoms with Gasteiger partial charge in [-0.25, -0.2) is 4.79 Å². The molecule has 0 radical (unpaired) electrons. The monoisotopic (exact) mass is 371 g/mol. The van der Waals surface area contributed by atoms with Gasteiger partial charge in [-0.15, -0.1) is 0 Å². The fourth-order valence-corrected chi connectivity index (χ4v) is 2.85. The molecule has 0 fully saturated rings. The van der Waals surface area contributed by atoms with E-state index in [1.807, 2.05) is 31.2 Å². The molecule has 0 saturated heterocycles. The Kier molecular flexibility index (Phi) is 5.28. The van der Waals surface area contributed by atoms with Crippen molar-refractivity contribution >= 4 is 28.5 Å². The third kappa shape index (κ3) is 4.06. The van der Waals surface area contributed by atoms with E-state index in [4.69, 9.17) is 20.8 Å². The predicted octanol–water partition coefficient (Wildman–Crippen LogP) is 3.76. The average Bonchev–Trinajstić information content (AvgIpc) is 2.60. The Balaban J connectivity index is 1.67. The maximum Gasteiger partial charge on any atom is 0.336 e. The highest BCUT2D eigenvalue weighted by Crippen LogP contribution is 2.30. The van der Waals surface area contributed by atoms with Crippen molar-refractivity contribution in [1.29, 1.82) is 0 Å². The van der Waals surface area contributed by atoms with Gasteiger partial charge in [0.15, 0.2) is 6.61 Å². The highest BCUT2D eigenvalue weighted by Gasteiger charge is 2.11. The van der Waals surface area contributed by atoms with Crippen LogP contribution in [0.15, 0.2) is 51.7 Å². The average molecular weight is 372 g/mol. The van der Waals surface area contributed by atoms with E-state index < -0.39 is 5.63 Å². The lowest BCUT2D eigenvalue weighted by molar-refractivity contribution is -0.123. The van der Waals surface area contributed by atoms with Gasteiger partial charge in [-0.3, -0.25) is 4.79 Å². The number of benzene rings is 2. The van der Waals surface area contributed by atoms with E-state index in [-0.39, 0.29) is 12.5 Å². The second-order valence-corrected chi connectivity index (χ2v) is 6.43. The molecule has 26 heavy (non-hydrogen) atoms. The Hall–Kier alpha value is -2.79. The van der Waals surface area contributed by atoms with Crippen molar-refractivity contribution in [3.63, 3.8) is 0 Å². The van der Waals surface area contributed by atoms with Crippen LogP contribution in [0.4, 0.5) is 0 Å². The van der Waals surface area contributed by atoms with Gasteiger partial charge in [0.1, 0.15) is 11.3 Å². The summed E-state index contributed by atoms with van der Waals surface area (Å²) in [4.78, 5) is 23.5. The fraction of sp³-hybridized carbons (Fsp3) is 0.200. The molecule has 0 aliphatic carbocycles. The lowest BCUT2D eigenvalue weighted by atomic mass is 10.1. The van der Waals surface area contributed by atoms with Gasteiger partial charge in [-0.1, -0.05) is 35.9 Å². The zero-order valence-corrected chi connectivity index (χ0v) is 15.2. The van der Waals surface area contributed by atoms with Gasteiger partial charge in [-0.2, -0.15) is 0 Å². The molecule has 2 aromatic carbocycles. The van der Waals surface area contributed by atoms with E-state index in [0.29, 0.717) is 22.9 Å². The van der Waals surface area contributed by atoms with Crippen LogP contribution < -0.4 is 15.7 Å². The van der Waals surface area contributed by atoms with Crippen LogP contribution in [0.25, 0.3) is 11.0 Å². The van der Waals surface area contributed by atoms with Crippen molar-refractivity contribution in [3.8, 4) is 5.75 Å². The summed E-state index contributed by atoms with van der Waals surface area (Å²) >= 11 is 6.22. The third-order valence-corrected chi connectivity index (χ3v) is 4.40. The van der Waals surface area contributed by atoms with Gasteiger partial charge in [0, 0.05) is 24.1 Å². The van der Waals surface area contributed by atoms with Crippen LogP contribution in [0.3, 0.4) is 0 Å². The van der Waals surface area contributed by atoms with Gasteiger partial charge in [0.2, 0.25) is 0 Å². The summed E-state index contributed by atoms with van der Waals surface area (Å²) in [5.41, 5.74) is 2.84. The molecule has 1 N–H and O–H groups in total. The minimum atomic E-state index is -0.445. The number of ether oxygens (including phenoxy) is 1. The maximum atomic E-state index is 12.0. The van der Waals surface area contributed by atoms with Crippen molar-refractivity contribution < 1.29 is 13.9 Å². The number of nitrogens with one attached hydrogen (secondary N) is 1. The van der Waals surface area contributed by atoms with E-state index in [9.17, 15) is 9.59 Å². The second-order valence-electron chi connectivity index (χ2n) is 6.02. The summed E-state index contributed by atoms with van der Waals surface area (Å²) in [6.45, 7) is 4.03. The van der Waals surface area contributed by atoms with E-state index in [1.165, 1.54) is 12.1 Å². The molecule has 0 aliphatic heterocycles. The van der Waals surface area contributed by atoms with Crippen LogP contribution in [0.1, 0.15) is 16.7 Å². The lowest BCUT2D eigenvalue weighted by Crippen LogP contribution is -2.28. The Morgan fingerprint density at radius 1 is 1.15 bits per heavy atom. The standard InChI is InChI=1S/C20H18ClNO4/c1-12-5-3-4-6-14(12)10-22-19(23)11-25-18-9-17-15(8-16(18)21)13(2)7-20(24)26-17/h3-9H,10-11H2,1-2H3,(H,22,23). The van der Waals surface area contributed by atoms with Gasteiger partial charge in [-0.05, 0) is 36.6 Å². The highest BCUT2D eigenvalue weighted by molar-refractivity contribution is 6.32. The predicted molar refractivity (Wildman–Crippen MR) is 101 cm³/mol. The van der Waals surface area contributed by atoms with E-state index in [2.05, 4.69) is 5.32 Å². The van der Waals surface area contributed by atoms with E-state index >= 15 is 0 Å². The topological polar surface area (TPSA) is 68.5 Å². The second kappa shape index (κ2) is 7.62. The summed E-state index contributed by atoms with van der Waals surface area (Å²) in [6, 6.07) is 12.4. The smallest absolute Gasteiger partial charge is 0.336 e. The number of carbonyl (C=O) groups excluding carboxylic acids is 1. The summed E-state index contributed by atoms with van der Waals surface area (Å²) in [5.74, 6) is 0.0223. The number of hydrogen-bond donors (Lipinski definition) is 1. The van der Waals surface area contributed by atoms with Crippen molar-refractivity contribution in [2.45, 2.75) is 20.4 Å². The molecule has 0 unspecified atom stereocenters. The first kappa shape index (κ1) is 18.0. The first-order valence-corrected chi connectivity index (χ1v) is 8.50. The van der Waals surface area contributed by atoms with Crippen molar-refractivity contribution in [3.05, 3.63) is 74.6 Å². The van der Waals surface area contributed by atoms with E-state index in [0.717, 1.165) is 22.1 Å². The first-order valence-electron chi connectivity index (χ1n) is 8.12. The number of aryl methyl sites for hydroxylation is 2. The molecule has 0 atom stereocenters. The summed E-state index contributed by atoms with van der Waals surface area (Å²) in [5, 5.41) is 3.88. The normalized spacial score (nSPS) is 10.7. The van der Waals surface area contributed by atoms with Crippen LogP contribution in [-0.2, 0) is 11.3 Å². The SMILES string of the molecule is Cc1ccccc1CNC(=O)COc1cc2oc(=O)cc(C)c2cc1Cl. The van der Waals surface area contributed by atoms with Crippen molar-refractivity contribution in [2.75, 3.05) is 6.61 Å². The molecular weight excluding hydrogens is 354 g/mol. The molecule has 0 saturated carbocycles. The Labute approximate surface area is 155 Å². The number of hydrogen-bond acceptors (Lipinski definition) is 4. The first-order chi connectivity index (χ1) is 12.4. The Morgan fingerprint density at radius 2 is 1.92 bits per heavy atom. The van der Waals surface area contributed by atoms with Gasteiger partial charge in [0.05, 0.1) is 5.02 Å². The van der Waals surface area contributed by atoms with Gasteiger partial charge >= 0.3 is 5.63 Å². The summed E-state index contributed by atoms with van der Waals surface area (Å²) in [6.07, 6.45) is 0. The van der Waals surface area contributed by atoms with Gasteiger partial charge in [0.25, 0.3) is 5.91 Å². The molecule has 0 spiro atoms. The minimum Gasteiger partial charge on any atom is -0.482 e. The molecule has 0 bridgehead atoms. The maximum absolute atomic E-state index is 12.0.